The first-order chi connectivity index (χ1) is 23.4. The summed E-state index contributed by atoms with van der Waals surface area (Å²) < 4.78 is 36.1. The molecule has 7 nitrogen and oxygen atoms in total. The average molecular weight is 666 g/mol. The van der Waals surface area contributed by atoms with E-state index >= 15 is 0 Å². The van der Waals surface area contributed by atoms with Gasteiger partial charge in [-0.2, -0.15) is 5.10 Å². The summed E-state index contributed by atoms with van der Waals surface area (Å²) in [7, 11) is 1.93. The van der Waals surface area contributed by atoms with Crippen LogP contribution in [0.4, 0.5) is 4.39 Å². The van der Waals surface area contributed by atoms with Gasteiger partial charge >= 0.3 is 5.97 Å². The van der Waals surface area contributed by atoms with Crippen molar-refractivity contribution in [3.8, 4) is 16.9 Å². The minimum atomic E-state index is -0.381. The lowest BCUT2D eigenvalue weighted by Crippen LogP contribution is -2.16. The fraction of sp³-hybridized carbons (Fsp3) is 0.282. The Balaban J connectivity index is 1.39. The smallest absolute Gasteiger partial charge is 0.355 e. The molecule has 0 N–H and O–H groups in total. The van der Waals surface area contributed by atoms with E-state index in [1.807, 2.05) is 61.1 Å². The molecule has 4 aromatic carbocycles. The molecule has 9 heteroatoms. The van der Waals surface area contributed by atoms with Gasteiger partial charge in [0.2, 0.25) is 0 Å². The topological polar surface area (TPSA) is 67.5 Å². The molecule has 7 rings (SSSR count). The molecule has 48 heavy (non-hydrogen) atoms. The molecule has 0 bridgehead atoms. The van der Waals surface area contributed by atoms with Gasteiger partial charge in [0.25, 0.3) is 0 Å². The Morgan fingerprint density at radius 3 is 2.60 bits per heavy atom. The number of hydrogen-bond donors (Lipinski definition) is 0. The first-order valence-electron chi connectivity index (χ1n) is 16.4. The highest BCUT2D eigenvalue weighted by molar-refractivity contribution is 6.35. The Labute approximate surface area is 283 Å². The summed E-state index contributed by atoms with van der Waals surface area (Å²) in [5.41, 5.74) is 7.99. The lowest BCUT2D eigenvalue weighted by atomic mass is 9.97. The second kappa shape index (κ2) is 13.5. The van der Waals surface area contributed by atoms with E-state index < -0.39 is 0 Å². The first kappa shape index (κ1) is 31.9. The second-order valence-corrected chi connectivity index (χ2v) is 12.4. The van der Waals surface area contributed by atoms with Crippen LogP contribution in [-0.2, 0) is 49.1 Å². The molecule has 0 unspecified atom stereocenters. The van der Waals surface area contributed by atoms with Crippen molar-refractivity contribution in [2.75, 3.05) is 13.2 Å². The van der Waals surface area contributed by atoms with E-state index in [4.69, 9.17) is 30.9 Å². The highest BCUT2D eigenvalue weighted by Gasteiger charge is 2.30. The molecule has 0 spiro atoms. The molecule has 0 atom stereocenters. The molecule has 0 radical (unpaired) electrons. The van der Waals surface area contributed by atoms with Crippen molar-refractivity contribution in [3.05, 3.63) is 117 Å². The summed E-state index contributed by atoms with van der Waals surface area (Å²) in [6, 6.07) is 22.4. The molecule has 6 aromatic rings. The molecule has 246 valence electrons. The summed E-state index contributed by atoms with van der Waals surface area (Å²) >= 11 is 7.14. The third-order valence-electron chi connectivity index (χ3n) is 9.14. The van der Waals surface area contributed by atoms with Crippen molar-refractivity contribution in [1.29, 1.82) is 0 Å². The fourth-order valence-corrected chi connectivity index (χ4v) is 7.21. The minimum Gasteiger partial charge on any atom is -0.493 e. The summed E-state index contributed by atoms with van der Waals surface area (Å²) in [4.78, 5) is 14.0. The standard InChI is InChI=1S/C39H37ClFN3O4/c1-4-32-36-33(43(3)42-32)23-46-22-26-11-7-6-10-25(26)21-44-37-30(17-18-31(40)35(36)37)29(38(44)39(45)47-5-2)13-9-19-48-34-14-8-12-24-20-27(41)15-16-28(24)34/h6-8,10-12,14-18,20H,4-5,9,13,19,21-23H2,1-3H3. The molecule has 1 aliphatic heterocycles. The molecular formula is C39H37ClFN3O4. The van der Waals surface area contributed by atoms with E-state index in [9.17, 15) is 9.18 Å². The minimum absolute atomic E-state index is 0.245. The van der Waals surface area contributed by atoms with Crippen LogP contribution in [0.25, 0.3) is 32.8 Å². The first-order valence-corrected chi connectivity index (χ1v) is 16.8. The van der Waals surface area contributed by atoms with Crippen LogP contribution in [0, 0.1) is 5.82 Å². The third kappa shape index (κ3) is 5.73. The third-order valence-corrected chi connectivity index (χ3v) is 9.46. The maximum Gasteiger partial charge on any atom is 0.355 e. The zero-order valence-corrected chi connectivity index (χ0v) is 28.1. The Bertz CT molecular complexity index is 2170. The summed E-state index contributed by atoms with van der Waals surface area (Å²) in [6.45, 7) is 5.75. The van der Waals surface area contributed by atoms with Crippen LogP contribution < -0.4 is 4.74 Å². The number of nitrogens with zero attached hydrogens (tertiary/aromatic N) is 3. The Hall–Kier alpha value is -4.66. The highest BCUT2D eigenvalue weighted by Crippen LogP contribution is 2.43. The van der Waals surface area contributed by atoms with E-state index in [1.54, 1.807) is 6.07 Å². The van der Waals surface area contributed by atoms with E-state index in [1.165, 1.54) is 12.1 Å². The zero-order valence-electron chi connectivity index (χ0n) is 27.3. The number of hydrogen-bond acceptors (Lipinski definition) is 5. The Morgan fingerprint density at radius 2 is 1.79 bits per heavy atom. The SMILES string of the molecule is CCOC(=O)c1c(CCCOc2cccc3cc(F)ccc23)c2ccc(Cl)c3c2n1Cc1ccccc1COCc1c-3c(CC)nn1C. The van der Waals surface area contributed by atoms with Crippen LogP contribution in [-0.4, -0.2) is 33.5 Å². The van der Waals surface area contributed by atoms with Crippen LogP contribution in [0.3, 0.4) is 0 Å². The molecule has 0 aliphatic carbocycles. The number of ether oxygens (including phenoxy) is 3. The molecule has 0 saturated carbocycles. The number of halogens is 2. The van der Waals surface area contributed by atoms with Gasteiger partial charge in [0.05, 0.1) is 48.4 Å². The van der Waals surface area contributed by atoms with Gasteiger partial charge in [-0.3, -0.25) is 4.68 Å². The van der Waals surface area contributed by atoms with Crippen molar-refractivity contribution < 1.29 is 23.4 Å². The predicted molar refractivity (Wildman–Crippen MR) is 186 cm³/mol. The Morgan fingerprint density at radius 1 is 0.979 bits per heavy atom. The van der Waals surface area contributed by atoms with Crippen LogP contribution in [0.2, 0.25) is 5.02 Å². The van der Waals surface area contributed by atoms with E-state index in [2.05, 4.69) is 23.6 Å². The van der Waals surface area contributed by atoms with Gasteiger partial charge < -0.3 is 18.8 Å². The van der Waals surface area contributed by atoms with E-state index in [-0.39, 0.29) is 18.4 Å². The molecular weight excluding hydrogens is 629 g/mol. The normalized spacial score (nSPS) is 12.9. The maximum absolute atomic E-state index is 14.0. The monoisotopic (exact) mass is 665 g/mol. The van der Waals surface area contributed by atoms with Crippen molar-refractivity contribution in [2.45, 2.75) is 52.9 Å². The van der Waals surface area contributed by atoms with Gasteiger partial charge in [-0.05, 0) is 78.6 Å². The van der Waals surface area contributed by atoms with Crippen LogP contribution >= 0.6 is 11.6 Å². The Kier molecular flexibility index (Phi) is 8.94. The van der Waals surface area contributed by atoms with Gasteiger partial charge in [-0.1, -0.05) is 61.0 Å². The molecule has 2 aromatic heterocycles. The van der Waals surface area contributed by atoms with E-state index in [0.717, 1.165) is 60.9 Å². The lowest BCUT2D eigenvalue weighted by Gasteiger charge is -2.16. The molecule has 0 amide bonds. The van der Waals surface area contributed by atoms with Gasteiger partial charge in [-0.15, -0.1) is 0 Å². The van der Waals surface area contributed by atoms with E-state index in [0.29, 0.717) is 62.1 Å². The van der Waals surface area contributed by atoms with Gasteiger partial charge in [0.1, 0.15) is 17.3 Å². The maximum atomic E-state index is 14.0. The van der Waals surface area contributed by atoms with Crippen LogP contribution in [0.15, 0.2) is 72.8 Å². The summed E-state index contributed by atoms with van der Waals surface area (Å²) in [6.07, 6.45) is 1.89. The lowest BCUT2D eigenvalue weighted by molar-refractivity contribution is 0.0513. The predicted octanol–water partition coefficient (Wildman–Crippen LogP) is 8.82. The van der Waals surface area contributed by atoms with Crippen molar-refractivity contribution in [3.63, 3.8) is 0 Å². The highest BCUT2D eigenvalue weighted by atomic mass is 35.5. The second-order valence-electron chi connectivity index (χ2n) is 12.0. The molecule has 0 saturated heterocycles. The largest absolute Gasteiger partial charge is 0.493 e. The molecule has 1 aliphatic rings. The number of rotatable bonds is 8. The molecule has 3 heterocycles. The van der Waals surface area contributed by atoms with Crippen molar-refractivity contribution in [2.24, 2.45) is 7.05 Å². The van der Waals surface area contributed by atoms with Crippen LogP contribution in [0.5, 0.6) is 5.75 Å². The van der Waals surface area contributed by atoms with Crippen molar-refractivity contribution >= 4 is 39.2 Å². The average Bonchev–Trinajstić information content (AvgIpc) is 3.55. The number of esters is 1. The van der Waals surface area contributed by atoms with Gasteiger partial charge in [0.15, 0.2) is 0 Å². The summed E-state index contributed by atoms with van der Waals surface area (Å²) in [5, 5.41) is 8.02. The number of carbonyl (C=O) groups is 1. The summed E-state index contributed by atoms with van der Waals surface area (Å²) in [5.74, 6) is 0.0280. The number of fused-ring (bicyclic) bond motifs is 4. The molecule has 0 fully saturated rings. The van der Waals surface area contributed by atoms with Gasteiger partial charge in [-0.25, -0.2) is 9.18 Å². The number of aromatic nitrogens is 3. The number of benzene rings is 4. The van der Waals surface area contributed by atoms with Gasteiger partial charge in [0, 0.05) is 35.5 Å². The van der Waals surface area contributed by atoms with Crippen LogP contribution in [0.1, 0.15) is 58.8 Å². The zero-order chi connectivity index (χ0) is 33.4. The van der Waals surface area contributed by atoms with Crippen molar-refractivity contribution in [1.82, 2.24) is 14.3 Å². The number of aryl methyl sites for hydroxylation is 3. The quantitative estimate of drug-likeness (QED) is 0.120. The number of carbonyl (C=O) groups excluding carboxylic acids is 1. The fourth-order valence-electron chi connectivity index (χ4n) is 6.96.